The van der Waals surface area contributed by atoms with Crippen LogP contribution >= 0.6 is 11.3 Å². The number of carbonyl (C=O) groups is 1. The predicted molar refractivity (Wildman–Crippen MR) is 69.8 cm³/mol. The van der Waals surface area contributed by atoms with Gasteiger partial charge in [0, 0.05) is 19.2 Å². The Balaban J connectivity index is 2.27. The number of nitrogens with two attached hydrogens (primary N) is 1. The highest BCUT2D eigenvalue weighted by Gasteiger charge is 2.16. The molecule has 0 fully saturated rings. The first-order valence-electron chi connectivity index (χ1n) is 5.08. The van der Waals surface area contributed by atoms with Crippen LogP contribution in [0.4, 0.5) is 5.69 Å². The molecule has 4 nitrogen and oxygen atoms in total. The van der Waals surface area contributed by atoms with Crippen LogP contribution in [0.2, 0.25) is 0 Å². The van der Waals surface area contributed by atoms with Crippen LogP contribution < -0.4 is 11.1 Å². The molecule has 0 saturated heterocycles. The molecule has 2 heterocycles. The molecule has 3 N–H and O–H groups in total. The maximum absolute atomic E-state index is 11.8. The monoisotopic (exact) mass is 245 g/mol. The number of carbonyl (C=O) groups excluding carboxylic acids is 1. The Hall–Kier alpha value is -2.06. The van der Waals surface area contributed by atoms with Gasteiger partial charge in [-0.15, -0.1) is 23.7 Å². The third kappa shape index (κ3) is 2.22. The number of thiophene rings is 1. The Labute approximate surface area is 103 Å². The normalized spacial score (nSPS) is 10.1. The summed E-state index contributed by atoms with van der Waals surface area (Å²) in [5.41, 5.74) is 7.01. The van der Waals surface area contributed by atoms with Crippen molar-refractivity contribution in [3.63, 3.8) is 0 Å². The van der Waals surface area contributed by atoms with E-state index in [4.69, 9.17) is 12.2 Å². The van der Waals surface area contributed by atoms with E-state index in [1.165, 1.54) is 11.3 Å². The summed E-state index contributed by atoms with van der Waals surface area (Å²) in [4.78, 5) is 16.5. The number of anilines is 1. The van der Waals surface area contributed by atoms with E-state index < -0.39 is 0 Å². The molecular weight excluding hydrogens is 234 g/mol. The number of nitrogens with one attached hydrogen (secondary N) is 1. The highest BCUT2D eigenvalue weighted by Crippen LogP contribution is 2.31. The summed E-state index contributed by atoms with van der Waals surface area (Å²) in [7, 11) is 0. The van der Waals surface area contributed by atoms with Gasteiger partial charge in [0.2, 0.25) is 0 Å². The highest BCUT2D eigenvalue weighted by atomic mass is 32.1. The lowest BCUT2D eigenvalue weighted by atomic mass is 10.3. The summed E-state index contributed by atoms with van der Waals surface area (Å²) in [6.45, 7) is 0.455. The second kappa shape index (κ2) is 4.85. The van der Waals surface area contributed by atoms with Gasteiger partial charge in [0.25, 0.3) is 5.91 Å². The number of aromatic nitrogens is 1. The third-order valence-corrected chi connectivity index (χ3v) is 3.40. The number of nitrogens with zero attached hydrogens (tertiary/aromatic N) is 1. The van der Waals surface area contributed by atoms with Crippen LogP contribution in [0.15, 0.2) is 18.3 Å². The molecule has 0 unspecified atom stereocenters. The highest BCUT2D eigenvalue weighted by molar-refractivity contribution is 7.21. The van der Waals surface area contributed by atoms with Gasteiger partial charge in [-0.3, -0.25) is 9.78 Å². The summed E-state index contributed by atoms with van der Waals surface area (Å²) in [6, 6.07) is 3.71. The molecule has 0 bridgehead atoms. The number of amides is 1. The summed E-state index contributed by atoms with van der Waals surface area (Å²) in [6.07, 6.45) is 7.28. The minimum absolute atomic E-state index is 0.194. The van der Waals surface area contributed by atoms with Gasteiger partial charge in [-0.2, -0.15) is 0 Å². The van der Waals surface area contributed by atoms with Crippen LogP contribution in [0.3, 0.4) is 0 Å². The van der Waals surface area contributed by atoms with Crippen molar-refractivity contribution in [1.82, 2.24) is 10.3 Å². The average Bonchev–Trinajstić information content (AvgIpc) is 2.68. The molecule has 2 aromatic rings. The van der Waals surface area contributed by atoms with Crippen LogP contribution in [0.5, 0.6) is 0 Å². The predicted octanol–water partition coefficient (Wildman–Crippen LogP) is 1.63. The average molecular weight is 245 g/mol. The zero-order chi connectivity index (χ0) is 12.3. The molecule has 86 valence electrons. The maximum Gasteiger partial charge on any atom is 0.263 e. The number of nitrogen functional groups attached to an aromatic ring is 1. The van der Waals surface area contributed by atoms with Crippen LogP contribution in [0.25, 0.3) is 10.2 Å². The van der Waals surface area contributed by atoms with Gasteiger partial charge in [-0.1, -0.05) is 0 Å². The van der Waals surface area contributed by atoms with Crippen molar-refractivity contribution in [2.24, 2.45) is 0 Å². The fraction of sp³-hybridized carbons (Fsp3) is 0.167. The van der Waals surface area contributed by atoms with E-state index in [0.29, 0.717) is 29.0 Å². The summed E-state index contributed by atoms with van der Waals surface area (Å²) >= 11 is 1.34. The lowest BCUT2D eigenvalue weighted by Gasteiger charge is -2.00. The maximum atomic E-state index is 11.8. The molecule has 0 spiro atoms. The number of fused-ring (bicyclic) bond motifs is 1. The number of terminal acetylenes is 1. The Morgan fingerprint density at radius 3 is 3.18 bits per heavy atom. The second-order valence-corrected chi connectivity index (χ2v) is 4.46. The van der Waals surface area contributed by atoms with Crippen molar-refractivity contribution in [2.45, 2.75) is 6.42 Å². The smallest absolute Gasteiger partial charge is 0.263 e. The molecule has 0 atom stereocenters. The fourth-order valence-electron chi connectivity index (χ4n) is 1.44. The SMILES string of the molecule is C#CCCNC(=O)c1sc2cccnc2c1N. The van der Waals surface area contributed by atoms with Crippen LogP contribution in [-0.2, 0) is 0 Å². The number of hydrogen-bond acceptors (Lipinski definition) is 4. The molecule has 0 radical (unpaired) electrons. The second-order valence-electron chi connectivity index (χ2n) is 3.41. The minimum atomic E-state index is -0.194. The van der Waals surface area contributed by atoms with Gasteiger partial charge in [0.05, 0.1) is 10.4 Å². The van der Waals surface area contributed by atoms with Gasteiger partial charge in [0.1, 0.15) is 10.4 Å². The zero-order valence-corrected chi connectivity index (χ0v) is 9.88. The molecule has 0 aliphatic rings. The first kappa shape index (κ1) is 11.4. The van der Waals surface area contributed by atoms with Crippen LogP contribution in [-0.4, -0.2) is 17.4 Å². The Kier molecular flexibility index (Phi) is 3.26. The first-order valence-corrected chi connectivity index (χ1v) is 5.90. The Morgan fingerprint density at radius 2 is 2.47 bits per heavy atom. The standard InChI is InChI=1S/C12H11N3OS/c1-2-3-6-15-12(16)11-9(13)10-8(17-11)5-4-7-14-10/h1,4-5,7H,3,6,13H2,(H,15,16). The molecule has 0 aromatic carbocycles. The van der Waals surface area contributed by atoms with E-state index in [1.807, 2.05) is 12.1 Å². The van der Waals surface area contributed by atoms with E-state index in [1.54, 1.807) is 6.20 Å². The van der Waals surface area contributed by atoms with Crippen molar-refractivity contribution in [1.29, 1.82) is 0 Å². The number of pyridine rings is 1. The molecule has 0 aliphatic heterocycles. The molecule has 0 aliphatic carbocycles. The van der Waals surface area contributed by atoms with E-state index >= 15 is 0 Å². The number of rotatable bonds is 3. The van der Waals surface area contributed by atoms with Gasteiger partial charge >= 0.3 is 0 Å². The molecule has 5 heteroatoms. The van der Waals surface area contributed by atoms with Gasteiger partial charge < -0.3 is 11.1 Å². The largest absolute Gasteiger partial charge is 0.396 e. The quantitative estimate of drug-likeness (QED) is 0.638. The number of hydrogen-bond donors (Lipinski definition) is 2. The van der Waals surface area contributed by atoms with E-state index in [2.05, 4.69) is 16.2 Å². The van der Waals surface area contributed by atoms with E-state index in [9.17, 15) is 4.79 Å². The zero-order valence-electron chi connectivity index (χ0n) is 9.06. The van der Waals surface area contributed by atoms with Gasteiger partial charge in [-0.05, 0) is 12.1 Å². The van der Waals surface area contributed by atoms with Gasteiger partial charge in [0.15, 0.2) is 0 Å². The molecule has 2 rings (SSSR count). The lowest BCUT2D eigenvalue weighted by molar-refractivity contribution is 0.0959. The van der Waals surface area contributed by atoms with Crippen LogP contribution in [0, 0.1) is 12.3 Å². The van der Waals surface area contributed by atoms with Crippen molar-refractivity contribution in [3.8, 4) is 12.3 Å². The summed E-state index contributed by atoms with van der Waals surface area (Å²) < 4.78 is 0.909. The molecule has 17 heavy (non-hydrogen) atoms. The van der Waals surface area contributed by atoms with Crippen molar-refractivity contribution in [2.75, 3.05) is 12.3 Å². The molecular formula is C12H11N3OS. The third-order valence-electron chi connectivity index (χ3n) is 2.24. The lowest BCUT2D eigenvalue weighted by Crippen LogP contribution is -2.23. The van der Waals surface area contributed by atoms with E-state index in [-0.39, 0.29) is 5.91 Å². The summed E-state index contributed by atoms with van der Waals surface area (Å²) in [5.74, 6) is 2.27. The van der Waals surface area contributed by atoms with Crippen molar-refractivity contribution < 1.29 is 4.79 Å². The molecule has 0 saturated carbocycles. The molecule has 2 aromatic heterocycles. The molecule has 1 amide bonds. The van der Waals surface area contributed by atoms with Crippen molar-refractivity contribution >= 4 is 33.1 Å². The Morgan fingerprint density at radius 1 is 1.65 bits per heavy atom. The summed E-state index contributed by atoms with van der Waals surface area (Å²) in [5, 5.41) is 2.72. The minimum Gasteiger partial charge on any atom is -0.396 e. The Bertz CT molecular complexity index is 597. The van der Waals surface area contributed by atoms with Gasteiger partial charge in [-0.25, -0.2) is 0 Å². The first-order chi connectivity index (χ1) is 8.24. The fourth-order valence-corrected chi connectivity index (χ4v) is 2.44. The topological polar surface area (TPSA) is 68.0 Å². The van der Waals surface area contributed by atoms with Crippen molar-refractivity contribution in [3.05, 3.63) is 23.2 Å². The van der Waals surface area contributed by atoms with Crippen LogP contribution in [0.1, 0.15) is 16.1 Å². The van der Waals surface area contributed by atoms with E-state index in [0.717, 1.165) is 4.70 Å².